The largest absolute Gasteiger partial charge is 0.386 e. The Bertz CT molecular complexity index is 133. The quantitative estimate of drug-likeness (QED) is 0.607. The van der Waals surface area contributed by atoms with E-state index < -0.39 is 5.60 Å². The topological polar surface area (TPSA) is 41.5 Å². The van der Waals surface area contributed by atoms with Crippen LogP contribution in [0, 0.1) is 0 Å². The van der Waals surface area contributed by atoms with Crippen LogP contribution in [0.15, 0.2) is 0 Å². The lowest BCUT2D eigenvalue weighted by Crippen LogP contribution is -2.41. The summed E-state index contributed by atoms with van der Waals surface area (Å²) in [6, 6.07) is 0. The predicted molar refractivity (Wildman–Crippen MR) is 52.8 cm³/mol. The Kier molecular flexibility index (Phi) is 4.70. The van der Waals surface area contributed by atoms with Crippen molar-refractivity contribution in [1.29, 1.82) is 0 Å². The molecule has 0 saturated carbocycles. The van der Waals surface area contributed by atoms with Crippen molar-refractivity contribution in [3.05, 3.63) is 0 Å². The zero-order valence-electron chi connectivity index (χ0n) is 8.51. The van der Waals surface area contributed by atoms with Crippen molar-refractivity contribution in [1.82, 2.24) is 5.32 Å². The SMILES string of the molecule is CCCCCNCC1(O)CCOC1. The van der Waals surface area contributed by atoms with Gasteiger partial charge in [0.05, 0.1) is 6.61 Å². The monoisotopic (exact) mass is 187 g/mol. The summed E-state index contributed by atoms with van der Waals surface area (Å²) >= 11 is 0. The summed E-state index contributed by atoms with van der Waals surface area (Å²) in [5.74, 6) is 0. The molecule has 0 aliphatic carbocycles. The molecule has 0 aromatic rings. The second kappa shape index (κ2) is 5.58. The highest BCUT2D eigenvalue weighted by Gasteiger charge is 2.31. The first-order valence-electron chi connectivity index (χ1n) is 5.28. The maximum absolute atomic E-state index is 9.86. The van der Waals surface area contributed by atoms with Gasteiger partial charge in [0.2, 0.25) is 0 Å². The number of nitrogens with one attached hydrogen (secondary N) is 1. The molecule has 1 aliphatic heterocycles. The van der Waals surface area contributed by atoms with E-state index in [0.717, 1.165) is 13.0 Å². The van der Waals surface area contributed by atoms with Gasteiger partial charge in [-0.15, -0.1) is 0 Å². The van der Waals surface area contributed by atoms with Gasteiger partial charge in [-0.1, -0.05) is 19.8 Å². The highest BCUT2D eigenvalue weighted by atomic mass is 16.5. The first kappa shape index (κ1) is 11.0. The number of hydrogen-bond donors (Lipinski definition) is 2. The molecule has 78 valence electrons. The normalized spacial score (nSPS) is 28.2. The molecule has 3 heteroatoms. The van der Waals surface area contributed by atoms with E-state index in [1.807, 2.05) is 0 Å². The average Bonchev–Trinajstić information content (AvgIpc) is 2.53. The summed E-state index contributed by atoms with van der Waals surface area (Å²) in [7, 11) is 0. The molecule has 13 heavy (non-hydrogen) atoms. The number of hydrogen-bond acceptors (Lipinski definition) is 3. The van der Waals surface area contributed by atoms with Crippen molar-refractivity contribution in [3.8, 4) is 0 Å². The molecule has 0 bridgehead atoms. The highest BCUT2D eigenvalue weighted by Crippen LogP contribution is 2.16. The summed E-state index contributed by atoms with van der Waals surface area (Å²) in [5.41, 5.74) is -0.591. The fraction of sp³-hybridized carbons (Fsp3) is 1.00. The van der Waals surface area contributed by atoms with Gasteiger partial charge < -0.3 is 15.2 Å². The van der Waals surface area contributed by atoms with Crippen molar-refractivity contribution >= 4 is 0 Å². The summed E-state index contributed by atoms with van der Waals surface area (Å²) in [4.78, 5) is 0. The fourth-order valence-electron chi connectivity index (χ4n) is 1.56. The predicted octanol–water partition coefficient (Wildman–Crippen LogP) is 0.918. The Balaban J connectivity index is 1.98. The Morgan fingerprint density at radius 1 is 1.46 bits per heavy atom. The second-order valence-corrected chi connectivity index (χ2v) is 3.91. The summed E-state index contributed by atoms with van der Waals surface area (Å²) in [5, 5.41) is 13.1. The molecule has 1 atom stereocenters. The molecule has 0 radical (unpaired) electrons. The standard InChI is InChI=1S/C10H21NO2/c1-2-3-4-6-11-8-10(12)5-7-13-9-10/h11-12H,2-9H2,1H3. The van der Waals surface area contributed by atoms with Crippen LogP contribution < -0.4 is 5.32 Å². The molecule has 2 N–H and O–H groups in total. The lowest BCUT2D eigenvalue weighted by Gasteiger charge is -2.20. The van der Waals surface area contributed by atoms with Crippen molar-refractivity contribution in [3.63, 3.8) is 0 Å². The van der Waals surface area contributed by atoms with Crippen LogP contribution in [0.1, 0.15) is 32.6 Å². The van der Waals surface area contributed by atoms with Crippen LogP contribution in [0.5, 0.6) is 0 Å². The van der Waals surface area contributed by atoms with Gasteiger partial charge in [-0.05, 0) is 13.0 Å². The van der Waals surface area contributed by atoms with E-state index in [4.69, 9.17) is 4.74 Å². The molecule has 1 aliphatic rings. The molecular weight excluding hydrogens is 166 g/mol. The van der Waals surface area contributed by atoms with E-state index >= 15 is 0 Å². The molecule has 1 fully saturated rings. The van der Waals surface area contributed by atoms with Crippen LogP contribution >= 0.6 is 0 Å². The van der Waals surface area contributed by atoms with E-state index in [2.05, 4.69) is 12.2 Å². The highest BCUT2D eigenvalue weighted by molar-refractivity contribution is 4.84. The molecule has 0 amide bonds. The molecule has 1 heterocycles. The summed E-state index contributed by atoms with van der Waals surface area (Å²) in [6.07, 6.45) is 4.48. The number of aliphatic hydroxyl groups is 1. The van der Waals surface area contributed by atoms with Crippen LogP contribution in [0.25, 0.3) is 0 Å². The smallest absolute Gasteiger partial charge is 0.102 e. The zero-order chi connectivity index (χ0) is 9.57. The van der Waals surface area contributed by atoms with E-state index in [0.29, 0.717) is 19.8 Å². The van der Waals surface area contributed by atoms with Gasteiger partial charge >= 0.3 is 0 Å². The maximum atomic E-state index is 9.86. The van der Waals surface area contributed by atoms with E-state index in [9.17, 15) is 5.11 Å². The lowest BCUT2D eigenvalue weighted by atomic mass is 10.0. The first-order valence-corrected chi connectivity index (χ1v) is 5.28. The molecular formula is C10H21NO2. The van der Waals surface area contributed by atoms with Crippen LogP contribution in [0.3, 0.4) is 0 Å². The Labute approximate surface area is 80.5 Å². The van der Waals surface area contributed by atoms with Crippen LogP contribution in [0.2, 0.25) is 0 Å². The van der Waals surface area contributed by atoms with Gasteiger partial charge in [0.25, 0.3) is 0 Å². The summed E-state index contributed by atoms with van der Waals surface area (Å²) in [6.45, 7) is 5.08. The van der Waals surface area contributed by atoms with E-state index in [1.54, 1.807) is 0 Å². The third kappa shape index (κ3) is 4.07. The molecule has 0 aromatic heterocycles. The Morgan fingerprint density at radius 2 is 2.31 bits per heavy atom. The molecule has 3 nitrogen and oxygen atoms in total. The van der Waals surface area contributed by atoms with E-state index in [-0.39, 0.29) is 0 Å². The molecule has 1 saturated heterocycles. The van der Waals surface area contributed by atoms with Crippen molar-refractivity contribution in [2.24, 2.45) is 0 Å². The number of ether oxygens (including phenoxy) is 1. The number of rotatable bonds is 6. The minimum Gasteiger partial charge on any atom is -0.386 e. The van der Waals surface area contributed by atoms with Crippen LogP contribution in [-0.2, 0) is 4.74 Å². The van der Waals surface area contributed by atoms with Gasteiger partial charge in [-0.3, -0.25) is 0 Å². The van der Waals surface area contributed by atoms with Crippen LogP contribution in [-0.4, -0.2) is 37.0 Å². The zero-order valence-corrected chi connectivity index (χ0v) is 8.51. The minimum absolute atomic E-state index is 0.494. The van der Waals surface area contributed by atoms with Crippen molar-refractivity contribution in [2.75, 3.05) is 26.3 Å². The molecule has 0 spiro atoms. The second-order valence-electron chi connectivity index (χ2n) is 3.91. The maximum Gasteiger partial charge on any atom is 0.102 e. The average molecular weight is 187 g/mol. The van der Waals surface area contributed by atoms with Gasteiger partial charge in [0, 0.05) is 19.6 Å². The van der Waals surface area contributed by atoms with Gasteiger partial charge in [-0.2, -0.15) is 0 Å². The molecule has 0 aromatic carbocycles. The fourth-order valence-corrected chi connectivity index (χ4v) is 1.56. The third-order valence-electron chi connectivity index (χ3n) is 2.49. The lowest BCUT2D eigenvalue weighted by molar-refractivity contribution is 0.0272. The van der Waals surface area contributed by atoms with Crippen molar-refractivity contribution < 1.29 is 9.84 Å². The third-order valence-corrected chi connectivity index (χ3v) is 2.49. The molecule has 1 unspecified atom stereocenters. The minimum atomic E-state index is -0.591. The van der Waals surface area contributed by atoms with E-state index in [1.165, 1.54) is 19.3 Å². The van der Waals surface area contributed by atoms with Crippen LogP contribution in [0.4, 0.5) is 0 Å². The van der Waals surface area contributed by atoms with Gasteiger partial charge in [-0.25, -0.2) is 0 Å². The van der Waals surface area contributed by atoms with Gasteiger partial charge in [0.15, 0.2) is 0 Å². The van der Waals surface area contributed by atoms with Crippen molar-refractivity contribution in [2.45, 2.75) is 38.2 Å². The Hall–Kier alpha value is -0.120. The Morgan fingerprint density at radius 3 is 2.92 bits per heavy atom. The first-order chi connectivity index (χ1) is 6.27. The molecule has 1 rings (SSSR count). The number of unbranched alkanes of at least 4 members (excludes halogenated alkanes) is 2. The summed E-state index contributed by atoms with van der Waals surface area (Å²) < 4.78 is 5.15. The van der Waals surface area contributed by atoms with Gasteiger partial charge in [0.1, 0.15) is 5.60 Å².